The number of aryl methyl sites for hydroxylation is 2. The number of rotatable bonds is 5. The lowest BCUT2D eigenvalue weighted by molar-refractivity contribution is -0.136. The fourth-order valence-corrected chi connectivity index (χ4v) is 2.81. The zero-order valence-electron chi connectivity index (χ0n) is 14.7. The molecule has 0 fully saturated rings. The lowest BCUT2D eigenvalue weighted by Crippen LogP contribution is -2.13. The van der Waals surface area contributed by atoms with E-state index < -0.39 is 5.97 Å². The van der Waals surface area contributed by atoms with Crippen LogP contribution < -0.4 is 0 Å². The minimum Gasteiger partial charge on any atom is -0.454 e. The highest BCUT2D eigenvalue weighted by Crippen LogP contribution is 2.17. The highest BCUT2D eigenvalue weighted by atomic mass is 16.5. The molecular weight excluding hydrogens is 326 g/mol. The predicted molar refractivity (Wildman–Crippen MR) is 102 cm³/mol. The van der Waals surface area contributed by atoms with Crippen molar-refractivity contribution in [3.05, 3.63) is 83.1 Å². The van der Waals surface area contributed by atoms with Gasteiger partial charge in [-0.1, -0.05) is 48.0 Å². The lowest BCUT2D eigenvalue weighted by atomic mass is 10.0. The first kappa shape index (κ1) is 17.5. The number of pyridine rings is 1. The number of carbonyl (C=O) groups is 2. The van der Waals surface area contributed by atoms with Gasteiger partial charge in [0.05, 0.1) is 5.52 Å². The van der Waals surface area contributed by atoms with Gasteiger partial charge in [0.2, 0.25) is 5.78 Å². The number of aromatic nitrogens is 1. The van der Waals surface area contributed by atoms with E-state index in [4.69, 9.17) is 4.74 Å². The maximum atomic E-state index is 12.2. The molecule has 4 heteroatoms. The molecule has 1 aromatic heterocycles. The standard InChI is InChI=1S/C22H19NO3/c1-15-8-10-19(16(2)13-15)20(24)14-26-21(25)11-9-18-6-3-5-17-7-4-12-23-22(17)18/h3-13H,14H2,1-2H3/b11-9+. The maximum Gasteiger partial charge on any atom is 0.331 e. The van der Waals surface area contributed by atoms with Gasteiger partial charge < -0.3 is 4.74 Å². The molecule has 0 saturated carbocycles. The number of Topliss-reactive ketones (excluding diaryl/α,β-unsaturated/α-hetero) is 1. The van der Waals surface area contributed by atoms with Crippen LogP contribution in [0.15, 0.2) is 60.8 Å². The van der Waals surface area contributed by atoms with Gasteiger partial charge in [-0.3, -0.25) is 9.78 Å². The zero-order chi connectivity index (χ0) is 18.5. The smallest absolute Gasteiger partial charge is 0.331 e. The molecule has 0 aliphatic carbocycles. The van der Waals surface area contributed by atoms with Crippen LogP contribution in [-0.2, 0) is 9.53 Å². The maximum absolute atomic E-state index is 12.2. The van der Waals surface area contributed by atoms with E-state index in [2.05, 4.69) is 4.98 Å². The molecule has 0 amide bonds. The van der Waals surface area contributed by atoms with Crippen molar-refractivity contribution >= 4 is 28.7 Å². The van der Waals surface area contributed by atoms with Gasteiger partial charge in [0.25, 0.3) is 0 Å². The third-order valence-electron chi connectivity index (χ3n) is 4.09. The van der Waals surface area contributed by atoms with Gasteiger partial charge in [-0.25, -0.2) is 4.79 Å². The fraction of sp³-hybridized carbons (Fsp3) is 0.136. The number of hydrogen-bond donors (Lipinski definition) is 0. The van der Waals surface area contributed by atoms with Crippen LogP contribution >= 0.6 is 0 Å². The van der Waals surface area contributed by atoms with Crippen LogP contribution in [0.4, 0.5) is 0 Å². The van der Waals surface area contributed by atoms with E-state index in [0.29, 0.717) is 5.56 Å². The quantitative estimate of drug-likeness (QED) is 0.393. The van der Waals surface area contributed by atoms with Crippen LogP contribution in [0, 0.1) is 13.8 Å². The second kappa shape index (κ2) is 7.74. The Balaban J connectivity index is 1.65. The van der Waals surface area contributed by atoms with Gasteiger partial charge in [0.15, 0.2) is 6.61 Å². The monoisotopic (exact) mass is 345 g/mol. The molecule has 1 heterocycles. The number of hydrogen-bond acceptors (Lipinski definition) is 4. The van der Waals surface area contributed by atoms with Crippen molar-refractivity contribution in [1.29, 1.82) is 0 Å². The van der Waals surface area contributed by atoms with E-state index in [9.17, 15) is 9.59 Å². The zero-order valence-corrected chi connectivity index (χ0v) is 14.7. The van der Waals surface area contributed by atoms with E-state index >= 15 is 0 Å². The summed E-state index contributed by atoms with van der Waals surface area (Å²) in [7, 11) is 0. The molecule has 0 N–H and O–H groups in total. The second-order valence-corrected chi connectivity index (χ2v) is 6.10. The normalized spacial score (nSPS) is 11.0. The number of carbonyl (C=O) groups excluding carboxylic acids is 2. The predicted octanol–water partition coefficient (Wildman–Crippen LogP) is 4.29. The third-order valence-corrected chi connectivity index (χ3v) is 4.09. The highest BCUT2D eigenvalue weighted by molar-refractivity contribution is 6.00. The number of esters is 1. The van der Waals surface area contributed by atoms with Crippen molar-refractivity contribution in [2.45, 2.75) is 13.8 Å². The molecule has 0 saturated heterocycles. The number of ether oxygens (including phenoxy) is 1. The fourth-order valence-electron chi connectivity index (χ4n) is 2.81. The van der Waals surface area contributed by atoms with E-state index in [1.165, 1.54) is 6.08 Å². The van der Waals surface area contributed by atoms with Gasteiger partial charge >= 0.3 is 5.97 Å². The molecule has 0 spiro atoms. The molecule has 2 aromatic carbocycles. The summed E-state index contributed by atoms with van der Waals surface area (Å²) in [5.41, 5.74) is 4.17. The van der Waals surface area contributed by atoms with Gasteiger partial charge in [-0.2, -0.15) is 0 Å². The first-order valence-electron chi connectivity index (χ1n) is 8.33. The molecule has 0 bridgehead atoms. The van der Waals surface area contributed by atoms with Crippen molar-refractivity contribution in [3.63, 3.8) is 0 Å². The molecule has 3 rings (SSSR count). The van der Waals surface area contributed by atoms with Gasteiger partial charge in [-0.15, -0.1) is 0 Å². The SMILES string of the molecule is Cc1ccc(C(=O)COC(=O)/C=C/c2cccc3cccnc23)c(C)c1. The largest absolute Gasteiger partial charge is 0.454 e. The average molecular weight is 345 g/mol. The van der Waals surface area contributed by atoms with Gasteiger partial charge in [0, 0.05) is 28.8 Å². The van der Waals surface area contributed by atoms with Crippen LogP contribution in [0.1, 0.15) is 27.0 Å². The summed E-state index contributed by atoms with van der Waals surface area (Å²) >= 11 is 0. The van der Waals surface area contributed by atoms with Crippen molar-refractivity contribution in [3.8, 4) is 0 Å². The molecular formula is C22H19NO3. The van der Waals surface area contributed by atoms with Crippen molar-refractivity contribution in [2.24, 2.45) is 0 Å². The summed E-state index contributed by atoms with van der Waals surface area (Å²) < 4.78 is 5.08. The van der Waals surface area contributed by atoms with Crippen molar-refractivity contribution in [2.75, 3.05) is 6.61 Å². The Morgan fingerprint density at radius 2 is 1.88 bits per heavy atom. The summed E-state index contributed by atoms with van der Waals surface area (Å²) in [6.07, 6.45) is 4.68. The van der Waals surface area contributed by atoms with E-state index in [1.807, 2.05) is 56.3 Å². The molecule has 130 valence electrons. The van der Waals surface area contributed by atoms with Gasteiger partial charge in [0.1, 0.15) is 0 Å². The molecule has 4 nitrogen and oxygen atoms in total. The second-order valence-electron chi connectivity index (χ2n) is 6.10. The minimum absolute atomic E-state index is 0.212. The first-order valence-corrected chi connectivity index (χ1v) is 8.33. The Bertz CT molecular complexity index is 1000. The number of para-hydroxylation sites is 1. The van der Waals surface area contributed by atoms with Crippen LogP contribution in [-0.4, -0.2) is 23.3 Å². The number of nitrogens with zero attached hydrogens (tertiary/aromatic N) is 1. The minimum atomic E-state index is -0.559. The lowest BCUT2D eigenvalue weighted by Gasteiger charge is -2.06. The Hall–Kier alpha value is -3.27. The van der Waals surface area contributed by atoms with E-state index in [-0.39, 0.29) is 12.4 Å². The van der Waals surface area contributed by atoms with Crippen LogP contribution in [0.2, 0.25) is 0 Å². The molecule has 0 radical (unpaired) electrons. The van der Waals surface area contributed by atoms with Crippen LogP contribution in [0.25, 0.3) is 17.0 Å². The number of benzene rings is 2. The summed E-state index contributed by atoms with van der Waals surface area (Å²) in [6, 6.07) is 15.1. The van der Waals surface area contributed by atoms with Crippen LogP contribution in [0.3, 0.4) is 0 Å². The molecule has 26 heavy (non-hydrogen) atoms. The topological polar surface area (TPSA) is 56.3 Å². The van der Waals surface area contributed by atoms with Crippen molar-refractivity contribution < 1.29 is 14.3 Å². The molecule has 0 unspecified atom stereocenters. The summed E-state index contributed by atoms with van der Waals surface area (Å²) in [4.78, 5) is 28.5. The summed E-state index contributed by atoms with van der Waals surface area (Å²) in [5, 5.41) is 0.994. The van der Waals surface area contributed by atoms with E-state index in [0.717, 1.165) is 27.6 Å². The molecule has 0 aliphatic heterocycles. The number of fused-ring (bicyclic) bond motifs is 1. The Morgan fingerprint density at radius 1 is 1.08 bits per heavy atom. The summed E-state index contributed by atoms with van der Waals surface area (Å²) in [6.45, 7) is 3.56. The average Bonchev–Trinajstić information content (AvgIpc) is 2.64. The number of ketones is 1. The first-order chi connectivity index (χ1) is 12.5. The van der Waals surface area contributed by atoms with Crippen LogP contribution in [0.5, 0.6) is 0 Å². The van der Waals surface area contributed by atoms with Gasteiger partial charge in [-0.05, 0) is 31.6 Å². The Kier molecular flexibility index (Phi) is 5.23. The van der Waals surface area contributed by atoms with E-state index in [1.54, 1.807) is 18.3 Å². The molecule has 0 aliphatic rings. The summed E-state index contributed by atoms with van der Waals surface area (Å²) in [5.74, 6) is -0.771. The molecule has 0 atom stereocenters. The highest BCUT2D eigenvalue weighted by Gasteiger charge is 2.11. The third kappa shape index (κ3) is 4.03. The van der Waals surface area contributed by atoms with Crippen molar-refractivity contribution in [1.82, 2.24) is 4.98 Å². The molecule has 3 aromatic rings. The Labute approximate surface area is 152 Å². The Morgan fingerprint density at radius 3 is 2.69 bits per heavy atom.